The Morgan fingerprint density at radius 1 is 1.31 bits per heavy atom. The number of para-hydroxylation sites is 1. The zero-order chi connectivity index (χ0) is 10.8. The Hall–Kier alpha value is -1.74. The van der Waals surface area contributed by atoms with Gasteiger partial charge in [0.15, 0.2) is 0 Å². The Morgan fingerprint density at radius 3 is 3.19 bits per heavy atom. The molecule has 2 N–H and O–H groups in total. The molecule has 2 heterocycles. The summed E-state index contributed by atoms with van der Waals surface area (Å²) in [5.41, 5.74) is 3.74. The van der Waals surface area contributed by atoms with Crippen molar-refractivity contribution in [1.82, 2.24) is 10.6 Å². The molecule has 81 valence electrons. The first-order valence-electron chi connectivity index (χ1n) is 5.53. The van der Waals surface area contributed by atoms with E-state index in [-0.39, 0.29) is 0 Å². The van der Waals surface area contributed by atoms with E-state index >= 15 is 0 Å². The molecule has 0 unspecified atom stereocenters. The van der Waals surface area contributed by atoms with Gasteiger partial charge in [0, 0.05) is 36.6 Å². The number of rotatable bonds is 1. The normalized spacial score (nSPS) is 19.4. The quantitative estimate of drug-likeness (QED) is 0.733. The van der Waals surface area contributed by atoms with Crippen LogP contribution in [0.15, 0.2) is 47.8 Å². The molecule has 0 aliphatic carbocycles. The second-order valence-electron chi connectivity index (χ2n) is 3.93. The lowest BCUT2D eigenvalue weighted by molar-refractivity contribution is 0.662. The Morgan fingerprint density at radius 2 is 2.31 bits per heavy atom. The van der Waals surface area contributed by atoms with Crippen molar-refractivity contribution in [3.05, 3.63) is 53.9 Å². The van der Waals surface area contributed by atoms with Gasteiger partial charge in [0.2, 0.25) is 0 Å². The van der Waals surface area contributed by atoms with E-state index in [1.165, 1.54) is 11.3 Å². The number of benzene rings is 1. The molecule has 0 aromatic heterocycles. The predicted octanol–water partition coefficient (Wildman–Crippen LogP) is 1.22. The van der Waals surface area contributed by atoms with Crippen LogP contribution in [0.4, 0.5) is 5.69 Å². The zero-order valence-electron chi connectivity index (χ0n) is 9.03. The highest BCUT2D eigenvalue weighted by Gasteiger charge is 2.21. The molecule has 1 radical (unpaired) electrons. The number of hydrogen-bond acceptors (Lipinski definition) is 3. The lowest BCUT2D eigenvalue weighted by Crippen LogP contribution is -2.43. The van der Waals surface area contributed by atoms with Gasteiger partial charge in [-0.3, -0.25) is 5.32 Å². The van der Waals surface area contributed by atoms with E-state index < -0.39 is 0 Å². The minimum atomic E-state index is 0.851. The number of anilines is 1. The standard InChI is InChI=1S/C13H14N3/c1-2-4-12(5-3-1)16-10-15-9-11-8-14-7-6-13(11)16/h1-4,6,8,14-15H,7,9-10H2. The van der Waals surface area contributed by atoms with Crippen LogP contribution in [0.25, 0.3) is 0 Å². The van der Waals surface area contributed by atoms with Crippen LogP contribution in [0.5, 0.6) is 0 Å². The first-order chi connectivity index (χ1) is 7.95. The van der Waals surface area contributed by atoms with Gasteiger partial charge in [0.25, 0.3) is 0 Å². The molecule has 0 spiro atoms. The Kier molecular flexibility index (Phi) is 2.38. The van der Waals surface area contributed by atoms with Crippen LogP contribution in [-0.4, -0.2) is 19.8 Å². The first-order valence-corrected chi connectivity index (χ1v) is 5.53. The molecule has 0 atom stereocenters. The maximum atomic E-state index is 3.39. The maximum absolute atomic E-state index is 3.39. The van der Waals surface area contributed by atoms with Crippen molar-refractivity contribution in [2.45, 2.75) is 0 Å². The molecule has 16 heavy (non-hydrogen) atoms. The third kappa shape index (κ3) is 1.59. The van der Waals surface area contributed by atoms with Gasteiger partial charge in [-0.25, -0.2) is 0 Å². The number of nitrogens with one attached hydrogen (secondary N) is 2. The van der Waals surface area contributed by atoms with Crippen LogP contribution in [0.3, 0.4) is 0 Å². The van der Waals surface area contributed by atoms with E-state index in [4.69, 9.17) is 0 Å². The predicted molar refractivity (Wildman–Crippen MR) is 64.8 cm³/mol. The van der Waals surface area contributed by atoms with E-state index in [0.29, 0.717) is 0 Å². The minimum Gasteiger partial charge on any atom is -0.387 e. The van der Waals surface area contributed by atoms with Gasteiger partial charge in [0.05, 0.1) is 12.4 Å². The molecule has 3 nitrogen and oxygen atoms in total. The van der Waals surface area contributed by atoms with Gasteiger partial charge >= 0.3 is 0 Å². The molecule has 2 aliphatic rings. The van der Waals surface area contributed by atoms with Crippen LogP contribution >= 0.6 is 0 Å². The third-order valence-corrected chi connectivity index (χ3v) is 2.88. The van der Waals surface area contributed by atoms with Crippen LogP contribution in [0.2, 0.25) is 0 Å². The van der Waals surface area contributed by atoms with Crippen LogP contribution in [-0.2, 0) is 0 Å². The van der Waals surface area contributed by atoms with Crippen molar-refractivity contribution in [1.29, 1.82) is 0 Å². The Bertz CT molecular complexity index is 434. The summed E-state index contributed by atoms with van der Waals surface area (Å²) in [6, 6.07) is 11.4. The summed E-state index contributed by atoms with van der Waals surface area (Å²) >= 11 is 0. The SMILES string of the molecule is [c]1ccccc1N1CNCC2=CNCC=C21. The minimum absolute atomic E-state index is 0.851. The highest BCUT2D eigenvalue weighted by atomic mass is 15.3. The molecule has 0 saturated carbocycles. The fraction of sp³-hybridized carbons (Fsp3) is 0.231. The molecular weight excluding hydrogens is 198 g/mol. The number of fused-ring (bicyclic) bond motifs is 1. The van der Waals surface area contributed by atoms with Crippen LogP contribution in [0.1, 0.15) is 0 Å². The number of nitrogens with zero attached hydrogens (tertiary/aromatic N) is 1. The summed E-state index contributed by atoms with van der Waals surface area (Å²) < 4.78 is 0. The van der Waals surface area contributed by atoms with Gasteiger partial charge in [-0.05, 0) is 12.1 Å². The van der Waals surface area contributed by atoms with E-state index in [1.807, 2.05) is 18.2 Å². The number of dihydropyridines is 1. The van der Waals surface area contributed by atoms with Gasteiger partial charge in [-0.1, -0.05) is 18.2 Å². The summed E-state index contributed by atoms with van der Waals surface area (Å²) in [4.78, 5) is 2.26. The average molecular weight is 212 g/mol. The van der Waals surface area contributed by atoms with E-state index in [1.54, 1.807) is 0 Å². The van der Waals surface area contributed by atoms with E-state index in [2.05, 4.69) is 39.9 Å². The van der Waals surface area contributed by atoms with Gasteiger partial charge in [0.1, 0.15) is 0 Å². The fourth-order valence-corrected chi connectivity index (χ4v) is 2.12. The second kappa shape index (κ2) is 4.02. The van der Waals surface area contributed by atoms with Crippen molar-refractivity contribution >= 4 is 5.69 Å². The van der Waals surface area contributed by atoms with Crippen molar-refractivity contribution in [3.63, 3.8) is 0 Å². The molecule has 1 aromatic carbocycles. The lowest BCUT2D eigenvalue weighted by Gasteiger charge is -2.35. The summed E-state index contributed by atoms with van der Waals surface area (Å²) in [6.45, 7) is 2.69. The van der Waals surface area contributed by atoms with E-state index in [9.17, 15) is 0 Å². The highest BCUT2D eigenvalue weighted by Crippen LogP contribution is 2.25. The monoisotopic (exact) mass is 212 g/mol. The number of hydrogen-bond donors (Lipinski definition) is 2. The molecule has 3 rings (SSSR count). The fourth-order valence-electron chi connectivity index (χ4n) is 2.12. The van der Waals surface area contributed by atoms with Crippen molar-refractivity contribution in [3.8, 4) is 0 Å². The molecule has 3 heteroatoms. The molecule has 1 fully saturated rings. The molecular formula is C13H14N3. The third-order valence-electron chi connectivity index (χ3n) is 2.88. The zero-order valence-corrected chi connectivity index (χ0v) is 9.03. The van der Waals surface area contributed by atoms with Crippen molar-refractivity contribution in [2.75, 3.05) is 24.7 Å². The Balaban J connectivity index is 1.96. The Labute approximate surface area is 95.5 Å². The molecule has 1 aromatic rings. The van der Waals surface area contributed by atoms with Gasteiger partial charge in [-0.2, -0.15) is 0 Å². The van der Waals surface area contributed by atoms with E-state index in [0.717, 1.165) is 25.4 Å². The summed E-state index contributed by atoms with van der Waals surface area (Å²) in [7, 11) is 0. The summed E-state index contributed by atoms with van der Waals surface area (Å²) in [5.74, 6) is 0. The second-order valence-corrected chi connectivity index (χ2v) is 3.93. The van der Waals surface area contributed by atoms with Crippen LogP contribution < -0.4 is 15.5 Å². The summed E-state index contributed by atoms with van der Waals surface area (Å²) in [6.07, 6.45) is 4.33. The molecule has 0 bridgehead atoms. The lowest BCUT2D eigenvalue weighted by atomic mass is 10.1. The smallest absolute Gasteiger partial charge is 0.0734 e. The molecule has 2 aliphatic heterocycles. The first kappa shape index (κ1) is 9.48. The molecule has 0 amide bonds. The van der Waals surface area contributed by atoms with Gasteiger partial charge < -0.3 is 10.2 Å². The van der Waals surface area contributed by atoms with Crippen molar-refractivity contribution in [2.24, 2.45) is 0 Å². The van der Waals surface area contributed by atoms with Gasteiger partial charge in [-0.15, -0.1) is 0 Å². The summed E-state index contributed by atoms with van der Waals surface area (Å²) in [5, 5.41) is 6.63. The average Bonchev–Trinajstić information content (AvgIpc) is 2.39. The topological polar surface area (TPSA) is 27.3 Å². The highest BCUT2D eigenvalue weighted by molar-refractivity contribution is 5.58. The van der Waals surface area contributed by atoms with Crippen molar-refractivity contribution < 1.29 is 0 Å². The largest absolute Gasteiger partial charge is 0.387 e. The maximum Gasteiger partial charge on any atom is 0.0734 e. The van der Waals surface area contributed by atoms with Crippen LogP contribution in [0, 0.1) is 6.07 Å². The molecule has 1 saturated heterocycles.